The van der Waals surface area contributed by atoms with E-state index in [0.29, 0.717) is 18.5 Å². The Kier molecular flexibility index (Phi) is 2.26. The molecule has 0 aromatic carbocycles. The van der Waals surface area contributed by atoms with E-state index in [9.17, 15) is 9.90 Å². The second-order valence-corrected chi connectivity index (χ2v) is 4.11. The molecule has 0 unspecified atom stereocenters. The van der Waals surface area contributed by atoms with Crippen LogP contribution in [0.25, 0.3) is 0 Å². The number of carboxylic acid groups (broad SMARTS) is 1. The van der Waals surface area contributed by atoms with Crippen LogP contribution in [0.1, 0.15) is 25.5 Å². The van der Waals surface area contributed by atoms with Crippen molar-refractivity contribution in [2.45, 2.75) is 37.8 Å². The maximum atomic E-state index is 11.2. The summed E-state index contributed by atoms with van der Waals surface area (Å²) in [6, 6.07) is 1.77. The van der Waals surface area contributed by atoms with Crippen LogP contribution in [0.15, 0.2) is 12.3 Å². The Morgan fingerprint density at radius 1 is 1.80 bits per heavy atom. The van der Waals surface area contributed by atoms with Gasteiger partial charge in [0.05, 0.1) is 5.69 Å². The lowest BCUT2D eigenvalue weighted by molar-refractivity contribution is -0.148. The first kappa shape index (κ1) is 10.2. The highest BCUT2D eigenvalue weighted by molar-refractivity contribution is 5.82. The van der Waals surface area contributed by atoms with E-state index in [2.05, 4.69) is 5.10 Å². The molecule has 1 aromatic heterocycles. The fourth-order valence-electron chi connectivity index (χ4n) is 2.12. The van der Waals surface area contributed by atoms with Crippen LogP contribution in [0.2, 0.25) is 0 Å². The SMILES string of the molecule is CCn1ccc(C2(C(=O)O)CC(N)C2)n1. The zero-order valence-corrected chi connectivity index (χ0v) is 8.68. The van der Waals surface area contributed by atoms with Crippen LogP contribution >= 0.6 is 0 Å². The van der Waals surface area contributed by atoms with Crippen LogP contribution in [0.5, 0.6) is 0 Å². The number of hydrogen-bond donors (Lipinski definition) is 2. The van der Waals surface area contributed by atoms with Crippen molar-refractivity contribution in [3.8, 4) is 0 Å². The molecule has 0 radical (unpaired) electrons. The molecule has 0 spiro atoms. The normalized spacial score (nSPS) is 29.9. The van der Waals surface area contributed by atoms with E-state index in [4.69, 9.17) is 5.73 Å². The molecule has 0 bridgehead atoms. The van der Waals surface area contributed by atoms with Gasteiger partial charge in [0.15, 0.2) is 0 Å². The number of nitrogens with zero attached hydrogens (tertiary/aromatic N) is 2. The van der Waals surface area contributed by atoms with E-state index in [0.717, 1.165) is 6.54 Å². The van der Waals surface area contributed by atoms with Gasteiger partial charge in [0.2, 0.25) is 0 Å². The summed E-state index contributed by atoms with van der Waals surface area (Å²) >= 11 is 0. The molecule has 0 atom stereocenters. The number of carboxylic acids is 1. The van der Waals surface area contributed by atoms with Crippen molar-refractivity contribution >= 4 is 5.97 Å². The lowest BCUT2D eigenvalue weighted by Gasteiger charge is -2.41. The molecule has 5 nitrogen and oxygen atoms in total. The summed E-state index contributed by atoms with van der Waals surface area (Å²) in [5.41, 5.74) is 5.47. The van der Waals surface area contributed by atoms with Crippen LogP contribution in [-0.4, -0.2) is 26.9 Å². The number of rotatable bonds is 3. The smallest absolute Gasteiger partial charge is 0.315 e. The molecule has 2 rings (SSSR count). The van der Waals surface area contributed by atoms with E-state index in [1.54, 1.807) is 10.7 Å². The molecule has 1 fully saturated rings. The van der Waals surface area contributed by atoms with Crippen molar-refractivity contribution in [2.24, 2.45) is 5.73 Å². The number of hydrogen-bond acceptors (Lipinski definition) is 3. The molecular weight excluding hydrogens is 194 g/mol. The van der Waals surface area contributed by atoms with Gasteiger partial charge in [-0.1, -0.05) is 0 Å². The fourth-order valence-corrected chi connectivity index (χ4v) is 2.12. The lowest BCUT2D eigenvalue weighted by atomic mass is 9.64. The summed E-state index contributed by atoms with van der Waals surface area (Å²) in [6.45, 7) is 2.72. The fraction of sp³-hybridized carbons (Fsp3) is 0.600. The molecule has 1 aliphatic rings. The Morgan fingerprint density at radius 3 is 2.87 bits per heavy atom. The summed E-state index contributed by atoms with van der Waals surface area (Å²) in [5.74, 6) is -0.814. The predicted molar refractivity (Wildman–Crippen MR) is 54.4 cm³/mol. The van der Waals surface area contributed by atoms with Crippen molar-refractivity contribution in [3.05, 3.63) is 18.0 Å². The minimum Gasteiger partial charge on any atom is -0.481 e. The molecule has 5 heteroatoms. The number of aromatic nitrogens is 2. The summed E-state index contributed by atoms with van der Waals surface area (Å²) in [4.78, 5) is 11.2. The van der Waals surface area contributed by atoms with Crippen LogP contribution in [0.4, 0.5) is 0 Å². The number of aliphatic carboxylic acids is 1. The minimum absolute atomic E-state index is 0.00660. The zero-order valence-electron chi connectivity index (χ0n) is 8.68. The number of carbonyl (C=O) groups is 1. The molecule has 1 heterocycles. The van der Waals surface area contributed by atoms with E-state index < -0.39 is 11.4 Å². The number of aryl methyl sites for hydroxylation is 1. The van der Waals surface area contributed by atoms with Gasteiger partial charge >= 0.3 is 5.97 Å². The van der Waals surface area contributed by atoms with Crippen LogP contribution in [0, 0.1) is 0 Å². The highest BCUT2D eigenvalue weighted by atomic mass is 16.4. The highest BCUT2D eigenvalue weighted by Gasteiger charge is 2.52. The van der Waals surface area contributed by atoms with Gasteiger partial charge in [0.25, 0.3) is 0 Å². The zero-order chi connectivity index (χ0) is 11.1. The average molecular weight is 209 g/mol. The summed E-state index contributed by atoms with van der Waals surface area (Å²) < 4.78 is 1.74. The molecular formula is C10H15N3O2. The van der Waals surface area contributed by atoms with E-state index in [1.807, 2.05) is 13.1 Å². The van der Waals surface area contributed by atoms with Crippen molar-refractivity contribution in [1.82, 2.24) is 9.78 Å². The van der Waals surface area contributed by atoms with Gasteiger partial charge in [0, 0.05) is 18.8 Å². The summed E-state index contributed by atoms with van der Waals surface area (Å²) in [7, 11) is 0. The third kappa shape index (κ3) is 1.43. The molecule has 0 amide bonds. The first-order valence-corrected chi connectivity index (χ1v) is 5.11. The Labute approximate surface area is 87.9 Å². The van der Waals surface area contributed by atoms with Gasteiger partial charge in [0.1, 0.15) is 5.41 Å². The second-order valence-electron chi connectivity index (χ2n) is 4.11. The molecule has 82 valence electrons. The Morgan fingerprint density at radius 2 is 2.47 bits per heavy atom. The quantitative estimate of drug-likeness (QED) is 0.752. The van der Waals surface area contributed by atoms with Gasteiger partial charge in [-0.15, -0.1) is 0 Å². The molecule has 15 heavy (non-hydrogen) atoms. The summed E-state index contributed by atoms with van der Waals surface area (Å²) in [5, 5.41) is 13.5. The van der Waals surface area contributed by atoms with Crippen molar-refractivity contribution < 1.29 is 9.90 Å². The molecule has 1 aromatic rings. The van der Waals surface area contributed by atoms with E-state index in [-0.39, 0.29) is 6.04 Å². The Hall–Kier alpha value is -1.36. The highest BCUT2D eigenvalue weighted by Crippen LogP contribution is 2.42. The van der Waals surface area contributed by atoms with Crippen molar-refractivity contribution in [3.63, 3.8) is 0 Å². The minimum atomic E-state index is -0.833. The maximum absolute atomic E-state index is 11.2. The molecule has 3 N–H and O–H groups in total. The standard InChI is InChI=1S/C10H15N3O2/c1-2-13-4-3-8(12-13)10(9(14)15)5-7(11)6-10/h3-4,7H,2,5-6,11H2,1H3,(H,14,15). The third-order valence-corrected chi connectivity index (χ3v) is 3.09. The molecule has 0 saturated heterocycles. The van der Waals surface area contributed by atoms with Gasteiger partial charge in [-0.3, -0.25) is 9.48 Å². The van der Waals surface area contributed by atoms with Crippen LogP contribution in [-0.2, 0) is 16.8 Å². The first-order chi connectivity index (χ1) is 7.08. The van der Waals surface area contributed by atoms with Gasteiger partial charge in [-0.2, -0.15) is 5.10 Å². The van der Waals surface area contributed by atoms with Gasteiger partial charge in [-0.25, -0.2) is 0 Å². The molecule has 0 aliphatic heterocycles. The molecule has 1 saturated carbocycles. The van der Waals surface area contributed by atoms with Gasteiger partial charge < -0.3 is 10.8 Å². The first-order valence-electron chi connectivity index (χ1n) is 5.11. The maximum Gasteiger partial charge on any atom is 0.315 e. The largest absolute Gasteiger partial charge is 0.481 e. The van der Waals surface area contributed by atoms with Crippen LogP contribution < -0.4 is 5.73 Å². The van der Waals surface area contributed by atoms with E-state index >= 15 is 0 Å². The van der Waals surface area contributed by atoms with E-state index in [1.165, 1.54) is 0 Å². The average Bonchev–Trinajstić information content (AvgIpc) is 2.60. The summed E-state index contributed by atoms with van der Waals surface area (Å²) in [6.07, 6.45) is 2.79. The van der Waals surface area contributed by atoms with Gasteiger partial charge in [-0.05, 0) is 25.8 Å². The third-order valence-electron chi connectivity index (χ3n) is 3.09. The van der Waals surface area contributed by atoms with Crippen molar-refractivity contribution in [1.29, 1.82) is 0 Å². The monoisotopic (exact) mass is 209 g/mol. The Bertz CT molecular complexity index is 380. The van der Waals surface area contributed by atoms with Crippen molar-refractivity contribution in [2.75, 3.05) is 0 Å². The lowest BCUT2D eigenvalue weighted by Crippen LogP contribution is -2.54. The number of nitrogens with two attached hydrogens (primary N) is 1. The van der Waals surface area contributed by atoms with Crippen LogP contribution in [0.3, 0.4) is 0 Å². The topological polar surface area (TPSA) is 81.1 Å². The predicted octanol–water partition coefficient (Wildman–Crippen LogP) is 0.346. The second kappa shape index (κ2) is 3.34. The molecule has 1 aliphatic carbocycles. The Balaban J connectivity index is 2.30.